The lowest BCUT2D eigenvalue weighted by Gasteiger charge is -2.20. The van der Waals surface area contributed by atoms with Crippen molar-refractivity contribution in [3.05, 3.63) is 29.6 Å². The van der Waals surface area contributed by atoms with Crippen LogP contribution in [0.4, 0.5) is 0 Å². The van der Waals surface area contributed by atoms with Crippen LogP contribution in [0.25, 0.3) is 0 Å². The Morgan fingerprint density at radius 2 is 2.24 bits per heavy atom. The fourth-order valence-electron chi connectivity index (χ4n) is 2.45. The Hall–Kier alpha value is -1.90. The van der Waals surface area contributed by atoms with E-state index in [4.69, 9.17) is 5.73 Å². The molecule has 1 saturated heterocycles. The molecule has 3 N–H and O–H groups in total. The molecule has 1 fully saturated rings. The van der Waals surface area contributed by atoms with Crippen LogP contribution < -0.4 is 11.1 Å². The molecule has 1 aromatic heterocycles. The third kappa shape index (κ3) is 4.85. The maximum atomic E-state index is 12.1. The monoisotopic (exact) mass is 286 g/mol. The third-order valence-electron chi connectivity index (χ3n) is 3.44. The summed E-state index contributed by atoms with van der Waals surface area (Å²) >= 11 is 0. The molecule has 5 heteroatoms. The molecular formula is C16H22N4O. The number of nitrogens with zero attached hydrogens (tertiary/aromatic N) is 2. The lowest BCUT2D eigenvalue weighted by Crippen LogP contribution is -2.41. The lowest BCUT2D eigenvalue weighted by molar-refractivity contribution is 0.0927. The quantitative estimate of drug-likeness (QED) is 0.795. The topological polar surface area (TPSA) is 71.2 Å². The second kappa shape index (κ2) is 7.77. The molecule has 2 heterocycles. The van der Waals surface area contributed by atoms with Crippen molar-refractivity contribution in [1.29, 1.82) is 0 Å². The molecule has 0 saturated carbocycles. The van der Waals surface area contributed by atoms with Crippen molar-refractivity contribution in [2.24, 2.45) is 5.73 Å². The zero-order chi connectivity index (χ0) is 15.1. The molecule has 1 aliphatic heterocycles. The van der Waals surface area contributed by atoms with Crippen molar-refractivity contribution < 1.29 is 4.79 Å². The van der Waals surface area contributed by atoms with Gasteiger partial charge in [-0.25, -0.2) is 4.98 Å². The van der Waals surface area contributed by atoms with E-state index in [1.165, 1.54) is 12.8 Å². The van der Waals surface area contributed by atoms with Crippen LogP contribution in [0.15, 0.2) is 18.3 Å². The van der Waals surface area contributed by atoms with E-state index in [1.807, 2.05) is 6.92 Å². The number of carbonyl (C=O) groups excluding carboxylic acids is 1. The van der Waals surface area contributed by atoms with Crippen LogP contribution in [-0.4, -0.2) is 48.0 Å². The highest BCUT2D eigenvalue weighted by Gasteiger charge is 2.16. The van der Waals surface area contributed by atoms with Crippen molar-refractivity contribution >= 4 is 5.91 Å². The van der Waals surface area contributed by atoms with Gasteiger partial charge >= 0.3 is 0 Å². The maximum Gasteiger partial charge on any atom is 0.270 e. The van der Waals surface area contributed by atoms with Gasteiger partial charge in [0.05, 0.1) is 6.54 Å². The van der Waals surface area contributed by atoms with Crippen LogP contribution in [0.3, 0.4) is 0 Å². The summed E-state index contributed by atoms with van der Waals surface area (Å²) < 4.78 is 0. The zero-order valence-corrected chi connectivity index (χ0v) is 12.4. The Labute approximate surface area is 125 Å². The maximum absolute atomic E-state index is 12.1. The summed E-state index contributed by atoms with van der Waals surface area (Å²) in [5, 5.41) is 2.99. The minimum Gasteiger partial charge on any atom is -0.347 e. The normalized spacial score (nSPS) is 16.1. The van der Waals surface area contributed by atoms with E-state index >= 15 is 0 Å². The van der Waals surface area contributed by atoms with Gasteiger partial charge in [-0.3, -0.25) is 4.79 Å². The molecule has 1 aliphatic rings. The molecule has 2 rings (SSSR count). The highest BCUT2D eigenvalue weighted by molar-refractivity contribution is 5.92. The first-order valence-corrected chi connectivity index (χ1v) is 7.37. The van der Waals surface area contributed by atoms with E-state index in [0.717, 1.165) is 25.2 Å². The number of hydrogen-bond donors (Lipinski definition) is 2. The number of nitrogens with one attached hydrogen (secondary N) is 1. The van der Waals surface area contributed by atoms with Gasteiger partial charge in [0.25, 0.3) is 5.91 Å². The van der Waals surface area contributed by atoms with Gasteiger partial charge in [-0.15, -0.1) is 0 Å². The van der Waals surface area contributed by atoms with Crippen LogP contribution in [0.5, 0.6) is 0 Å². The van der Waals surface area contributed by atoms with E-state index in [0.29, 0.717) is 12.2 Å². The molecule has 1 unspecified atom stereocenters. The summed E-state index contributed by atoms with van der Waals surface area (Å²) in [6.07, 6.45) is 4.11. The molecule has 0 bridgehead atoms. The van der Waals surface area contributed by atoms with Gasteiger partial charge in [-0.05, 0) is 45.0 Å². The SMILES string of the molecule is CC(CN1CCCC1)NC(=O)c1ccc(C#CCN)cn1. The first-order chi connectivity index (χ1) is 10.2. The van der Waals surface area contributed by atoms with Gasteiger partial charge in [0, 0.05) is 24.3 Å². The smallest absolute Gasteiger partial charge is 0.270 e. The zero-order valence-electron chi connectivity index (χ0n) is 12.4. The molecule has 5 nitrogen and oxygen atoms in total. The summed E-state index contributed by atoms with van der Waals surface area (Å²) in [5.41, 5.74) is 6.50. The van der Waals surface area contributed by atoms with E-state index < -0.39 is 0 Å². The molecule has 1 amide bonds. The Kier molecular flexibility index (Phi) is 5.73. The second-order valence-electron chi connectivity index (χ2n) is 5.32. The molecular weight excluding hydrogens is 264 g/mol. The van der Waals surface area contributed by atoms with Crippen molar-refractivity contribution in [3.8, 4) is 11.8 Å². The number of rotatable bonds is 4. The van der Waals surface area contributed by atoms with Crippen LogP contribution in [0.1, 0.15) is 35.8 Å². The number of carbonyl (C=O) groups is 1. The van der Waals surface area contributed by atoms with E-state index in [-0.39, 0.29) is 11.9 Å². The number of amides is 1. The predicted octanol–water partition coefficient (Wildman–Crippen LogP) is 0.606. The summed E-state index contributed by atoms with van der Waals surface area (Å²) in [6, 6.07) is 3.60. The Morgan fingerprint density at radius 1 is 1.48 bits per heavy atom. The molecule has 0 spiro atoms. The fourth-order valence-corrected chi connectivity index (χ4v) is 2.45. The van der Waals surface area contributed by atoms with Gasteiger partial charge in [-0.1, -0.05) is 11.8 Å². The standard InChI is InChI=1S/C16H22N4O/c1-13(12-20-9-2-3-10-20)19-16(21)15-7-6-14(11-18-15)5-4-8-17/h6-7,11,13H,2-3,8-10,12,17H2,1H3,(H,19,21). The number of likely N-dealkylation sites (tertiary alicyclic amines) is 1. The van der Waals surface area contributed by atoms with Crippen LogP contribution in [-0.2, 0) is 0 Å². The third-order valence-corrected chi connectivity index (χ3v) is 3.44. The number of nitrogens with two attached hydrogens (primary N) is 1. The molecule has 1 atom stereocenters. The van der Waals surface area contributed by atoms with Crippen LogP contribution >= 0.6 is 0 Å². The van der Waals surface area contributed by atoms with E-state index in [1.54, 1.807) is 18.3 Å². The number of hydrogen-bond acceptors (Lipinski definition) is 4. The van der Waals surface area contributed by atoms with E-state index in [9.17, 15) is 4.79 Å². The minimum absolute atomic E-state index is 0.120. The first-order valence-electron chi connectivity index (χ1n) is 7.37. The minimum atomic E-state index is -0.139. The average molecular weight is 286 g/mol. The lowest BCUT2D eigenvalue weighted by atomic mass is 10.2. The second-order valence-corrected chi connectivity index (χ2v) is 5.32. The van der Waals surface area contributed by atoms with Crippen molar-refractivity contribution in [2.75, 3.05) is 26.2 Å². The van der Waals surface area contributed by atoms with Crippen molar-refractivity contribution in [1.82, 2.24) is 15.2 Å². The average Bonchev–Trinajstić information content (AvgIpc) is 2.98. The van der Waals surface area contributed by atoms with Gasteiger partial charge in [0.1, 0.15) is 5.69 Å². The number of aromatic nitrogens is 1. The Bertz CT molecular complexity index is 523. The first kappa shape index (κ1) is 15.5. The molecule has 1 aromatic rings. The highest BCUT2D eigenvalue weighted by Crippen LogP contribution is 2.07. The van der Waals surface area contributed by atoms with Crippen LogP contribution in [0, 0.1) is 11.8 Å². The largest absolute Gasteiger partial charge is 0.347 e. The van der Waals surface area contributed by atoms with Gasteiger partial charge in [0.2, 0.25) is 0 Å². The molecule has 0 aromatic carbocycles. The van der Waals surface area contributed by atoms with Crippen molar-refractivity contribution in [2.45, 2.75) is 25.8 Å². The summed E-state index contributed by atoms with van der Waals surface area (Å²) in [6.45, 7) is 5.50. The molecule has 0 radical (unpaired) electrons. The highest BCUT2D eigenvalue weighted by atomic mass is 16.1. The van der Waals surface area contributed by atoms with Crippen LogP contribution in [0.2, 0.25) is 0 Å². The summed E-state index contributed by atoms with van der Waals surface area (Å²) in [5.74, 6) is 5.50. The predicted molar refractivity (Wildman–Crippen MR) is 82.8 cm³/mol. The van der Waals surface area contributed by atoms with E-state index in [2.05, 4.69) is 27.0 Å². The molecule has 0 aliphatic carbocycles. The van der Waals surface area contributed by atoms with Crippen molar-refractivity contribution in [3.63, 3.8) is 0 Å². The summed E-state index contributed by atoms with van der Waals surface area (Å²) in [4.78, 5) is 18.6. The molecule has 21 heavy (non-hydrogen) atoms. The fraction of sp³-hybridized carbons (Fsp3) is 0.500. The summed E-state index contributed by atoms with van der Waals surface area (Å²) in [7, 11) is 0. The Morgan fingerprint density at radius 3 is 2.86 bits per heavy atom. The Balaban J connectivity index is 1.87. The number of pyridine rings is 1. The van der Waals surface area contributed by atoms with Gasteiger partial charge < -0.3 is 16.0 Å². The molecule has 112 valence electrons. The van der Waals surface area contributed by atoms with Gasteiger partial charge in [-0.2, -0.15) is 0 Å². The van der Waals surface area contributed by atoms with Gasteiger partial charge in [0.15, 0.2) is 0 Å².